The first-order valence-electron chi connectivity index (χ1n) is 10.2. The number of para-hydroxylation sites is 2. The van der Waals surface area contributed by atoms with Crippen molar-refractivity contribution >= 4 is 28.6 Å². The number of nitrogens with two attached hydrogens (primary N) is 1. The number of fused-ring (bicyclic) bond motifs is 1. The van der Waals surface area contributed by atoms with Crippen molar-refractivity contribution in [1.82, 2.24) is 25.3 Å². The molecule has 3 heterocycles. The van der Waals surface area contributed by atoms with Gasteiger partial charge in [0.25, 0.3) is 0 Å². The van der Waals surface area contributed by atoms with Gasteiger partial charge in [-0.25, -0.2) is 15.0 Å². The number of carbonyl (C=O) groups is 1. The molecule has 4 rings (SSSR count). The van der Waals surface area contributed by atoms with Crippen molar-refractivity contribution in [2.75, 3.05) is 23.7 Å². The van der Waals surface area contributed by atoms with Crippen LogP contribution < -0.4 is 16.0 Å². The molecule has 0 saturated carbocycles. The zero-order chi connectivity index (χ0) is 20.4. The fraction of sp³-hybridized carbons (Fsp3) is 0.429. The summed E-state index contributed by atoms with van der Waals surface area (Å²) in [6.45, 7) is 5.63. The minimum Gasteiger partial charge on any atom is -0.382 e. The molecule has 1 fully saturated rings. The zero-order valence-electron chi connectivity index (χ0n) is 16.9. The summed E-state index contributed by atoms with van der Waals surface area (Å²) in [6.07, 6.45) is 4.30. The van der Waals surface area contributed by atoms with Gasteiger partial charge in [-0.05, 0) is 31.4 Å². The third-order valence-corrected chi connectivity index (χ3v) is 5.62. The molecule has 3 aromatic rings. The smallest absolute Gasteiger partial charge is 0.223 e. The first-order valence-corrected chi connectivity index (χ1v) is 10.2. The monoisotopic (exact) mass is 399 g/mol. The Hall–Kier alpha value is -3.16. The maximum absolute atomic E-state index is 12.4. The highest BCUT2D eigenvalue weighted by Crippen LogP contribution is 2.26. The van der Waals surface area contributed by atoms with Gasteiger partial charge in [0.05, 0.1) is 17.2 Å². The molecule has 0 spiro atoms. The van der Waals surface area contributed by atoms with Crippen LogP contribution in [0, 0.1) is 5.92 Å². The summed E-state index contributed by atoms with van der Waals surface area (Å²) in [5.74, 6) is 1.92. The molecule has 29 heavy (non-hydrogen) atoms. The summed E-state index contributed by atoms with van der Waals surface area (Å²) in [7, 11) is 0. The Morgan fingerprint density at radius 3 is 2.90 bits per heavy atom. The van der Waals surface area contributed by atoms with Gasteiger partial charge in [-0.15, -0.1) is 0 Å². The van der Waals surface area contributed by atoms with Gasteiger partial charge >= 0.3 is 0 Å². The molecular weight excluding hydrogens is 366 g/mol. The second-order valence-corrected chi connectivity index (χ2v) is 7.52. The summed E-state index contributed by atoms with van der Waals surface area (Å²) in [5, 5.41) is 3.18. The van der Waals surface area contributed by atoms with E-state index in [4.69, 9.17) is 10.7 Å². The number of aromatic nitrogens is 4. The maximum Gasteiger partial charge on any atom is 0.223 e. The second-order valence-electron chi connectivity index (χ2n) is 7.52. The van der Waals surface area contributed by atoms with E-state index in [0.29, 0.717) is 23.9 Å². The van der Waals surface area contributed by atoms with Crippen LogP contribution in [0.4, 0.5) is 11.6 Å². The van der Waals surface area contributed by atoms with Crippen molar-refractivity contribution < 1.29 is 9.07 Å². The van der Waals surface area contributed by atoms with Crippen molar-refractivity contribution in [3.63, 3.8) is 0 Å². The Morgan fingerprint density at radius 2 is 2.14 bits per heavy atom. The van der Waals surface area contributed by atoms with E-state index in [1.165, 1.54) is 0 Å². The first kappa shape index (κ1) is 19.2. The highest BCUT2D eigenvalue weighted by atomic mass is 16.1. The molecule has 4 N–H and O–H groups in total. The SMILES string of the molecule is CCC(CC)C(=O)N[C@H]1CCN(c2cnc(N)c(-c3nc4ccccc4[nH]3)n2)C1.[HH].[HH].[HH]. The van der Waals surface area contributed by atoms with Gasteiger partial charge in [-0.3, -0.25) is 4.79 Å². The van der Waals surface area contributed by atoms with E-state index < -0.39 is 0 Å². The number of anilines is 2. The number of rotatable bonds is 6. The lowest BCUT2D eigenvalue weighted by molar-refractivity contribution is -0.125. The van der Waals surface area contributed by atoms with E-state index in [2.05, 4.69) is 39.0 Å². The van der Waals surface area contributed by atoms with Gasteiger partial charge in [-0.1, -0.05) is 26.0 Å². The fourth-order valence-electron chi connectivity index (χ4n) is 3.85. The molecule has 1 aromatic carbocycles. The van der Waals surface area contributed by atoms with E-state index in [1.807, 2.05) is 24.3 Å². The number of aromatic amines is 1. The number of nitrogen functional groups attached to an aromatic ring is 1. The fourth-order valence-corrected chi connectivity index (χ4v) is 3.85. The minimum absolute atomic E-state index is 0. The lowest BCUT2D eigenvalue weighted by Crippen LogP contribution is -2.40. The molecule has 1 aliphatic rings. The molecule has 0 radical (unpaired) electrons. The van der Waals surface area contributed by atoms with Crippen molar-refractivity contribution in [1.29, 1.82) is 0 Å². The Kier molecular flexibility index (Phi) is 5.33. The minimum atomic E-state index is 0. The number of nitrogens with one attached hydrogen (secondary N) is 2. The molecule has 8 nitrogen and oxygen atoms in total. The standard InChI is InChI=1S/C21H27N7O.3H2/c1-3-13(4-2)21(29)24-14-9-10-28(12-14)17-11-23-19(22)18(27-17)20-25-15-7-5-6-8-16(15)26-20;;;/h5-8,11,13-14H,3-4,9-10,12H2,1-2H3,(H2,22,23)(H,24,29)(H,25,26);3*1H/t14-;;;/m0.../s1. The predicted octanol–water partition coefficient (Wildman–Crippen LogP) is 3.47. The van der Waals surface area contributed by atoms with Crippen LogP contribution in [-0.4, -0.2) is 45.0 Å². The summed E-state index contributed by atoms with van der Waals surface area (Å²) >= 11 is 0. The van der Waals surface area contributed by atoms with Gasteiger partial charge in [0.1, 0.15) is 5.82 Å². The van der Waals surface area contributed by atoms with Gasteiger partial charge in [0.15, 0.2) is 17.3 Å². The van der Waals surface area contributed by atoms with Gasteiger partial charge in [-0.2, -0.15) is 0 Å². The highest BCUT2D eigenvalue weighted by molar-refractivity contribution is 5.81. The van der Waals surface area contributed by atoms with E-state index in [9.17, 15) is 4.79 Å². The summed E-state index contributed by atoms with van der Waals surface area (Å²) in [6, 6.07) is 7.93. The van der Waals surface area contributed by atoms with Crippen LogP contribution >= 0.6 is 0 Å². The molecule has 1 aliphatic heterocycles. The molecule has 0 aliphatic carbocycles. The molecule has 0 unspecified atom stereocenters. The third-order valence-electron chi connectivity index (χ3n) is 5.62. The molecule has 158 valence electrons. The zero-order valence-corrected chi connectivity index (χ0v) is 16.9. The van der Waals surface area contributed by atoms with Crippen LogP contribution in [0.25, 0.3) is 22.6 Å². The van der Waals surface area contributed by atoms with Crippen LogP contribution in [0.3, 0.4) is 0 Å². The Bertz CT molecular complexity index is 993. The Balaban J connectivity index is 0.00000171. The summed E-state index contributed by atoms with van der Waals surface area (Å²) < 4.78 is 0. The van der Waals surface area contributed by atoms with E-state index in [-0.39, 0.29) is 22.1 Å². The van der Waals surface area contributed by atoms with Crippen LogP contribution in [0.2, 0.25) is 0 Å². The number of imidazole rings is 1. The van der Waals surface area contributed by atoms with Crippen molar-refractivity contribution in [3.8, 4) is 11.5 Å². The molecule has 1 amide bonds. The van der Waals surface area contributed by atoms with Gasteiger partial charge < -0.3 is 20.9 Å². The number of benzene rings is 1. The van der Waals surface area contributed by atoms with Crippen LogP contribution in [0.5, 0.6) is 0 Å². The number of carbonyl (C=O) groups excluding carboxylic acids is 1. The molecule has 8 heteroatoms. The third kappa shape index (κ3) is 3.87. The highest BCUT2D eigenvalue weighted by Gasteiger charge is 2.27. The number of nitrogens with zero attached hydrogens (tertiary/aromatic N) is 4. The molecule has 1 saturated heterocycles. The van der Waals surface area contributed by atoms with Gasteiger partial charge in [0, 0.05) is 29.3 Å². The van der Waals surface area contributed by atoms with Crippen LogP contribution in [-0.2, 0) is 4.79 Å². The van der Waals surface area contributed by atoms with Crippen LogP contribution in [0.1, 0.15) is 37.4 Å². The Morgan fingerprint density at radius 1 is 1.34 bits per heavy atom. The first-order chi connectivity index (χ1) is 14.1. The van der Waals surface area contributed by atoms with Crippen LogP contribution in [0.15, 0.2) is 30.5 Å². The summed E-state index contributed by atoms with van der Waals surface area (Å²) in [4.78, 5) is 31.4. The predicted molar refractivity (Wildman–Crippen MR) is 121 cm³/mol. The molecular formula is C21H33N7O. The topological polar surface area (TPSA) is 113 Å². The van der Waals surface area contributed by atoms with E-state index >= 15 is 0 Å². The summed E-state index contributed by atoms with van der Waals surface area (Å²) in [5.41, 5.74) is 8.43. The lowest BCUT2D eigenvalue weighted by Gasteiger charge is -2.20. The average molecular weight is 400 g/mol. The second kappa shape index (κ2) is 8.06. The average Bonchev–Trinajstić information content (AvgIpc) is 3.36. The van der Waals surface area contributed by atoms with Crippen molar-refractivity contribution in [2.24, 2.45) is 5.92 Å². The molecule has 2 aromatic heterocycles. The number of amides is 1. The quantitative estimate of drug-likeness (QED) is 0.585. The molecule has 0 bridgehead atoms. The lowest BCUT2D eigenvalue weighted by atomic mass is 10.0. The van der Waals surface area contributed by atoms with Crippen molar-refractivity contribution in [2.45, 2.75) is 39.2 Å². The number of hydrogen-bond acceptors (Lipinski definition) is 6. The van der Waals surface area contributed by atoms with E-state index in [1.54, 1.807) is 6.20 Å². The maximum atomic E-state index is 12.4. The normalized spacial score (nSPS) is 16.7. The number of hydrogen-bond donors (Lipinski definition) is 3. The van der Waals surface area contributed by atoms with Gasteiger partial charge in [0.2, 0.25) is 5.91 Å². The van der Waals surface area contributed by atoms with E-state index in [0.717, 1.165) is 42.7 Å². The number of H-pyrrole nitrogens is 1. The largest absolute Gasteiger partial charge is 0.382 e. The van der Waals surface area contributed by atoms with Crippen molar-refractivity contribution in [3.05, 3.63) is 30.5 Å². The molecule has 1 atom stereocenters. The Labute approximate surface area is 174 Å².